The maximum absolute atomic E-state index is 12.9. The van der Waals surface area contributed by atoms with Gasteiger partial charge in [-0.2, -0.15) is 0 Å². The summed E-state index contributed by atoms with van der Waals surface area (Å²) in [6.07, 6.45) is 5.06. The van der Waals surface area contributed by atoms with Gasteiger partial charge in [-0.3, -0.25) is 4.79 Å². The number of carbonyl (C=O) groups is 1. The third-order valence-corrected chi connectivity index (χ3v) is 6.01. The number of fused-ring (bicyclic) bond motifs is 2. The summed E-state index contributed by atoms with van der Waals surface area (Å²) >= 11 is 0. The second-order valence-corrected chi connectivity index (χ2v) is 8.38. The highest BCUT2D eigenvalue weighted by Crippen LogP contribution is 2.38. The van der Waals surface area contributed by atoms with Crippen molar-refractivity contribution < 1.29 is 9.90 Å². The average Bonchev–Trinajstić information content (AvgIpc) is 3.42. The minimum Gasteiger partial charge on any atom is -0.508 e. The summed E-state index contributed by atoms with van der Waals surface area (Å²) in [4.78, 5) is 18.4. The third kappa shape index (κ3) is 3.39. The summed E-state index contributed by atoms with van der Waals surface area (Å²) in [6.45, 7) is 2.34. The highest BCUT2D eigenvalue weighted by Gasteiger charge is 2.28. The van der Waals surface area contributed by atoms with Crippen LogP contribution in [0.25, 0.3) is 33.0 Å². The van der Waals surface area contributed by atoms with Gasteiger partial charge in [0, 0.05) is 58.4 Å². The molecule has 0 radical (unpaired) electrons. The van der Waals surface area contributed by atoms with Crippen LogP contribution in [-0.2, 0) is 11.3 Å². The molecule has 2 aromatic heterocycles. The zero-order valence-electron chi connectivity index (χ0n) is 17.8. The van der Waals surface area contributed by atoms with Crippen LogP contribution < -0.4 is 5.32 Å². The molecular weight excluding hydrogens is 388 g/mol. The zero-order chi connectivity index (χ0) is 21.5. The molecule has 31 heavy (non-hydrogen) atoms. The topological polar surface area (TPSA) is 73.3 Å². The minimum absolute atomic E-state index is 0.0617. The summed E-state index contributed by atoms with van der Waals surface area (Å²) in [5.74, 6) is 0.166. The molecule has 3 N–H and O–H groups in total. The molecule has 0 aliphatic carbocycles. The van der Waals surface area contributed by atoms with E-state index in [1.807, 2.05) is 36.5 Å². The number of hydrogen-bond acceptors (Lipinski definition) is 3. The predicted octanol–water partition coefficient (Wildman–Crippen LogP) is 3.82. The Morgan fingerprint density at radius 1 is 1.10 bits per heavy atom. The molecule has 3 heterocycles. The number of hydrogen-bond donors (Lipinski definition) is 3. The lowest BCUT2D eigenvalue weighted by molar-refractivity contribution is -0.114. The van der Waals surface area contributed by atoms with Gasteiger partial charge in [0.1, 0.15) is 5.75 Å². The zero-order valence-corrected chi connectivity index (χ0v) is 17.8. The number of nitrogens with one attached hydrogen (secondary N) is 2. The molecule has 6 nitrogen and oxygen atoms in total. The Morgan fingerprint density at radius 2 is 1.94 bits per heavy atom. The number of phenols is 1. The van der Waals surface area contributed by atoms with Crippen molar-refractivity contribution in [2.24, 2.45) is 0 Å². The van der Waals surface area contributed by atoms with Crippen molar-refractivity contribution >= 4 is 38.9 Å². The third-order valence-electron chi connectivity index (χ3n) is 6.01. The van der Waals surface area contributed by atoms with Gasteiger partial charge in [-0.1, -0.05) is 18.2 Å². The van der Waals surface area contributed by atoms with E-state index in [4.69, 9.17) is 0 Å². The van der Waals surface area contributed by atoms with Crippen molar-refractivity contribution in [1.82, 2.24) is 19.8 Å². The lowest BCUT2D eigenvalue weighted by Gasteiger charge is -2.10. The van der Waals surface area contributed by atoms with Crippen LogP contribution in [0, 0.1) is 0 Å². The largest absolute Gasteiger partial charge is 0.508 e. The van der Waals surface area contributed by atoms with Crippen LogP contribution in [0.4, 0.5) is 0 Å². The van der Waals surface area contributed by atoms with Gasteiger partial charge in [0.2, 0.25) is 0 Å². The Hall–Kier alpha value is -3.51. The molecule has 5 rings (SSSR count). The van der Waals surface area contributed by atoms with E-state index in [1.165, 1.54) is 0 Å². The fourth-order valence-corrected chi connectivity index (χ4v) is 4.54. The van der Waals surface area contributed by atoms with Crippen molar-refractivity contribution in [2.75, 3.05) is 27.2 Å². The average molecular weight is 415 g/mol. The number of amides is 1. The van der Waals surface area contributed by atoms with Gasteiger partial charge < -0.3 is 24.9 Å². The number of aromatic nitrogens is 2. The van der Waals surface area contributed by atoms with E-state index < -0.39 is 0 Å². The molecule has 158 valence electrons. The second kappa shape index (κ2) is 7.63. The first-order valence-corrected chi connectivity index (χ1v) is 10.6. The number of para-hydroxylation sites is 1. The predicted molar refractivity (Wildman–Crippen MR) is 125 cm³/mol. The molecule has 4 aromatic rings. The summed E-state index contributed by atoms with van der Waals surface area (Å²) < 4.78 is 2.23. The summed E-state index contributed by atoms with van der Waals surface area (Å²) in [7, 11) is 4.15. The van der Waals surface area contributed by atoms with Crippen molar-refractivity contribution in [2.45, 2.75) is 13.0 Å². The molecule has 0 bridgehead atoms. The van der Waals surface area contributed by atoms with Crippen molar-refractivity contribution in [3.63, 3.8) is 0 Å². The lowest BCUT2D eigenvalue weighted by atomic mass is 9.96. The molecule has 0 saturated heterocycles. The summed E-state index contributed by atoms with van der Waals surface area (Å²) in [5.41, 5.74) is 5.65. The molecule has 0 unspecified atom stereocenters. The standard InChI is InChI=1S/C25H26N4O2/c1-28(2)10-5-11-29-15-21(18-12-16(30)8-9-23(18)29)20-14-27-25(31)24(20)19-13-26-22-7-4-3-6-17(19)22/h3-4,6-9,12-13,15,26,30H,5,10-11,14H2,1-2H3,(H,27,31). The molecule has 0 fully saturated rings. The highest BCUT2D eigenvalue weighted by molar-refractivity contribution is 6.33. The molecule has 1 amide bonds. The smallest absolute Gasteiger partial charge is 0.252 e. The Balaban J connectivity index is 1.68. The van der Waals surface area contributed by atoms with Gasteiger partial charge in [-0.25, -0.2) is 0 Å². The van der Waals surface area contributed by atoms with Crippen molar-refractivity contribution in [1.29, 1.82) is 0 Å². The maximum atomic E-state index is 12.9. The molecule has 1 aliphatic heterocycles. The van der Waals surface area contributed by atoms with Crippen LogP contribution in [-0.4, -0.2) is 52.6 Å². The molecule has 0 saturated carbocycles. The van der Waals surface area contributed by atoms with E-state index in [0.29, 0.717) is 12.1 Å². The monoisotopic (exact) mass is 414 g/mol. The van der Waals surface area contributed by atoms with Crippen LogP contribution in [0.5, 0.6) is 5.75 Å². The first kappa shape index (κ1) is 19.5. The maximum Gasteiger partial charge on any atom is 0.252 e. The fraction of sp³-hybridized carbons (Fsp3) is 0.240. The van der Waals surface area contributed by atoms with E-state index >= 15 is 0 Å². The van der Waals surface area contributed by atoms with Gasteiger partial charge in [-0.15, -0.1) is 0 Å². The van der Waals surface area contributed by atoms with E-state index in [9.17, 15) is 9.90 Å². The van der Waals surface area contributed by atoms with Gasteiger partial charge in [0.15, 0.2) is 0 Å². The van der Waals surface area contributed by atoms with Crippen LogP contribution in [0.3, 0.4) is 0 Å². The number of benzene rings is 2. The van der Waals surface area contributed by atoms with E-state index in [2.05, 4.69) is 40.1 Å². The quantitative estimate of drug-likeness (QED) is 0.449. The van der Waals surface area contributed by atoms with E-state index in [0.717, 1.165) is 58.0 Å². The van der Waals surface area contributed by atoms with Gasteiger partial charge in [0.25, 0.3) is 5.91 Å². The van der Waals surface area contributed by atoms with E-state index in [1.54, 1.807) is 12.1 Å². The van der Waals surface area contributed by atoms with Crippen LogP contribution in [0.15, 0.2) is 54.9 Å². The molecule has 6 heteroatoms. The minimum atomic E-state index is -0.0617. The molecule has 0 atom stereocenters. The van der Waals surface area contributed by atoms with Crippen LogP contribution in [0.1, 0.15) is 17.5 Å². The first-order chi connectivity index (χ1) is 15.0. The number of rotatable bonds is 6. The second-order valence-electron chi connectivity index (χ2n) is 8.38. The first-order valence-electron chi connectivity index (χ1n) is 10.6. The van der Waals surface area contributed by atoms with Crippen LogP contribution >= 0.6 is 0 Å². The van der Waals surface area contributed by atoms with Gasteiger partial charge >= 0.3 is 0 Å². The van der Waals surface area contributed by atoms with Crippen LogP contribution in [0.2, 0.25) is 0 Å². The van der Waals surface area contributed by atoms with Crippen molar-refractivity contribution in [3.05, 3.63) is 66.0 Å². The highest BCUT2D eigenvalue weighted by atomic mass is 16.3. The fourth-order valence-electron chi connectivity index (χ4n) is 4.54. The number of H-pyrrole nitrogens is 1. The molecular formula is C25H26N4O2. The number of aromatic hydroxyl groups is 1. The lowest BCUT2D eigenvalue weighted by Crippen LogP contribution is -2.16. The summed E-state index contributed by atoms with van der Waals surface area (Å²) in [5, 5.41) is 15.2. The number of aryl methyl sites for hydroxylation is 1. The van der Waals surface area contributed by atoms with Gasteiger partial charge in [-0.05, 0) is 56.9 Å². The summed E-state index contributed by atoms with van der Waals surface area (Å²) in [6, 6.07) is 13.5. The SMILES string of the molecule is CN(C)CCCn1cc(C2=C(c3c[nH]c4ccccc34)C(=O)NC2)c2cc(O)ccc21. The normalized spacial score (nSPS) is 14.4. The van der Waals surface area contributed by atoms with Gasteiger partial charge in [0.05, 0.1) is 5.57 Å². The Morgan fingerprint density at radius 3 is 2.77 bits per heavy atom. The van der Waals surface area contributed by atoms with E-state index in [-0.39, 0.29) is 11.7 Å². The number of nitrogens with zero attached hydrogens (tertiary/aromatic N) is 2. The Kier molecular flexibility index (Phi) is 4.79. The molecule has 2 aromatic carbocycles. The Labute approximate surface area is 180 Å². The number of phenolic OH excluding ortho intramolecular Hbond substituents is 1. The molecule has 1 aliphatic rings. The molecule has 0 spiro atoms. The number of aromatic amines is 1. The van der Waals surface area contributed by atoms with Crippen molar-refractivity contribution in [3.8, 4) is 5.75 Å². The number of carbonyl (C=O) groups excluding carboxylic acids is 1. The Bertz CT molecular complexity index is 1330.